The molecule has 0 spiro atoms. The fourth-order valence-electron chi connectivity index (χ4n) is 3.26. The summed E-state index contributed by atoms with van der Waals surface area (Å²) in [6, 6.07) is 6.95. The van der Waals surface area contributed by atoms with Crippen molar-refractivity contribution in [2.75, 3.05) is 19.5 Å². The van der Waals surface area contributed by atoms with E-state index in [2.05, 4.69) is 19.5 Å². The number of rotatable bonds is 11. The first-order valence-corrected chi connectivity index (χ1v) is 12.1. The van der Waals surface area contributed by atoms with Crippen LogP contribution in [0, 0.1) is 0 Å². The number of halogens is 6. The first-order chi connectivity index (χ1) is 17.2. The summed E-state index contributed by atoms with van der Waals surface area (Å²) in [5.74, 6) is -3.00. The molecule has 2 heterocycles. The number of alkyl halides is 6. The van der Waals surface area contributed by atoms with E-state index >= 15 is 0 Å². The van der Waals surface area contributed by atoms with Crippen molar-refractivity contribution >= 4 is 37.1 Å². The third kappa shape index (κ3) is 8.39. The van der Waals surface area contributed by atoms with Crippen LogP contribution in [0.1, 0.15) is 12.8 Å². The SMILES string of the molecule is COc1ccc(Sc2nc(N)nc3c2ncn3CCOC(CC(F)(F)F)(CC(F)(F)F)O[P+](=O)O)cc1. The average Bonchev–Trinajstić information content (AvgIpc) is 3.14. The molecule has 1 unspecified atom stereocenters. The number of nitrogen functional groups attached to an aromatic ring is 1. The zero-order valence-corrected chi connectivity index (χ0v) is 20.5. The summed E-state index contributed by atoms with van der Waals surface area (Å²) >= 11 is 1.19. The highest BCUT2D eigenvalue weighted by Crippen LogP contribution is 2.43. The molecule has 3 rings (SSSR count). The van der Waals surface area contributed by atoms with Crippen molar-refractivity contribution < 1.29 is 49.8 Å². The smallest absolute Gasteiger partial charge is 0.497 e. The van der Waals surface area contributed by atoms with Crippen molar-refractivity contribution in [1.29, 1.82) is 0 Å². The van der Waals surface area contributed by atoms with Gasteiger partial charge in [-0.25, -0.2) is 9.97 Å². The van der Waals surface area contributed by atoms with E-state index in [1.165, 1.54) is 29.8 Å². The first-order valence-electron chi connectivity index (χ1n) is 10.1. The van der Waals surface area contributed by atoms with Crippen LogP contribution >= 0.6 is 20.0 Å². The van der Waals surface area contributed by atoms with Crippen molar-refractivity contribution in [3.05, 3.63) is 30.6 Å². The van der Waals surface area contributed by atoms with Gasteiger partial charge in [0.25, 0.3) is 0 Å². The normalized spacial score (nSPS) is 13.2. The van der Waals surface area contributed by atoms with E-state index < -0.39 is 45.8 Å². The molecule has 3 aromatic rings. The number of nitrogens with two attached hydrogens (primary N) is 1. The Labute approximate surface area is 210 Å². The van der Waals surface area contributed by atoms with Crippen LogP contribution in [0.25, 0.3) is 11.2 Å². The lowest BCUT2D eigenvalue weighted by Gasteiger charge is -2.29. The van der Waals surface area contributed by atoms with Crippen molar-refractivity contribution in [1.82, 2.24) is 19.5 Å². The number of hydrogen-bond acceptors (Lipinski definition) is 9. The minimum atomic E-state index is -5.20. The fraction of sp³-hybridized carbons (Fsp3) is 0.421. The van der Waals surface area contributed by atoms with E-state index in [4.69, 9.17) is 20.1 Å². The van der Waals surface area contributed by atoms with Gasteiger partial charge in [0.05, 0.1) is 20.0 Å². The summed E-state index contributed by atoms with van der Waals surface area (Å²) in [4.78, 5) is 22.1. The number of nitrogens with zero attached hydrogens (tertiary/aromatic N) is 4. The number of ether oxygens (including phenoxy) is 2. The van der Waals surface area contributed by atoms with Gasteiger partial charge < -0.3 is 19.8 Å². The summed E-state index contributed by atoms with van der Waals surface area (Å²) < 4.78 is 105. The van der Waals surface area contributed by atoms with E-state index in [1.54, 1.807) is 24.3 Å². The molecule has 0 saturated heterocycles. The van der Waals surface area contributed by atoms with Crippen molar-refractivity contribution in [3.63, 3.8) is 0 Å². The number of methoxy groups -OCH3 is 1. The van der Waals surface area contributed by atoms with Crippen LogP contribution in [0.5, 0.6) is 5.75 Å². The third-order valence-corrected chi connectivity index (χ3v) is 6.08. The van der Waals surface area contributed by atoms with Crippen LogP contribution in [0.15, 0.2) is 40.5 Å². The molecular formula is C19H19F6N5O5PS+. The van der Waals surface area contributed by atoms with Gasteiger partial charge in [-0.05, 0) is 24.3 Å². The Balaban J connectivity index is 1.83. The Bertz CT molecular complexity index is 1230. The third-order valence-electron chi connectivity index (χ3n) is 4.60. The predicted molar refractivity (Wildman–Crippen MR) is 118 cm³/mol. The number of aromatic nitrogens is 4. The Morgan fingerprint density at radius 3 is 2.24 bits per heavy atom. The number of anilines is 1. The molecule has 3 N–H and O–H groups in total. The van der Waals surface area contributed by atoms with Crippen molar-refractivity contribution in [2.45, 2.75) is 47.4 Å². The molecule has 18 heteroatoms. The summed E-state index contributed by atoms with van der Waals surface area (Å²) in [6.45, 7) is -1.13. The van der Waals surface area contributed by atoms with Crippen molar-refractivity contribution in [3.8, 4) is 5.75 Å². The van der Waals surface area contributed by atoms with Crippen molar-refractivity contribution in [2.24, 2.45) is 0 Å². The summed E-state index contributed by atoms with van der Waals surface area (Å²) in [5, 5.41) is 0.344. The topological polar surface area (TPSA) is 135 Å². The second-order valence-electron chi connectivity index (χ2n) is 7.45. The molecule has 202 valence electrons. The zero-order valence-electron chi connectivity index (χ0n) is 18.8. The number of benzene rings is 1. The summed E-state index contributed by atoms with van der Waals surface area (Å²) in [7, 11) is -2.35. The predicted octanol–water partition coefficient (Wildman–Crippen LogP) is 4.85. The molecule has 0 bridgehead atoms. The molecule has 0 saturated carbocycles. The molecule has 37 heavy (non-hydrogen) atoms. The molecule has 0 radical (unpaired) electrons. The van der Waals surface area contributed by atoms with Crippen LogP contribution in [0.4, 0.5) is 32.3 Å². The lowest BCUT2D eigenvalue weighted by Crippen LogP contribution is -2.43. The lowest BCUT2D eigenvalue weighted by atomic mass is 10.1. The van der Waals surface area contributed by atoms with Crippen LogP contribution in [-0.4, -0.2) is 56.3 Å². The van der Waals surface area contributed by atoms with Crippen LogP contribution in [0.3, 0.4) is 0 Å². The van der Waals surface area contributed by atoms with Gasteiger partial charge in [-0.15, -0.1) is 4.89 Å². The first kappa shape index (κ1) is 28.8. The zero-order chi connectivity index (χ0) is 27.4. The fourth-order valence-corrected chi connectivity index (χ4v) is 4.60. The van der Waals surface area contributed by atoms with Crippen LogP contribution in [0.2, 0.25) is 0 Å². The summed E-state index contributed by atoms with van der Waals surface area (Å²) in [5.41, 5.74) is 6.19. The van der Waals surface area contributed by atoms with Gasteiger partial charge in [-0.2, -0.15) is 31.3 Å². The highest BCUT2D eigenvalue weighted by Gasteiger charge is 2.56. The minimum absolute atomic E-state index is 0.138. The molecule has 0 fully saturated rings. The van der Waals surface area contributed by atoms with Gasteiger partial charge in [0.2, 0.25) is 11.7 Å². The Kier molecular flexibility index (Phi) is 8.85. The Morgan fingerprint density at radius 2 is 1.70 bits per heavy atom. The van der Waals surface area contributed by atoms with Gasteiger partial charge in [-0.1, -0.05) is 16.3 Å². The second kappa shape index (κ2) is 11.3. The van der Waals surface area contributed by atoms with Gasteiger partial charge >= 0.3 is 20.6 Å². The van der Waals surface area contributed by atoms with Gasteiger partial charge in [0.15, 0.2) is 5.65 Å². The van der Waals surface area contributed by atoms with Gasteiger partial charge in [0.1, 0.15) is 29.1 Å². The minimum Gasteiger partial charge on any atom is -0.497 e. The number of imidazole rings is 1. The van der Waals surface area contributed by atoms with E-state index in [1.807, 2.05) is 0 Å². The van der Waals surface area contributed by atoms with E-state index in [0.717, 1.165) is 4.90 Å². The maximum Gasteiger partial charge on any atom is 0.697 e. The van der Waals surface area contributed by atoms with E-state index in [0.29, 0.717) is 10.8 Å². The molecule has 2 aromatic heterocycles. The monoisotopic (exact) mass is 574 g/mol. The Morgan fingerprint density at radius 1 is 1.08 bits per heavy atom. The average molecular weight is 574 g/mol. The molecule has 0 aliphatic heterocycles. The second-order valence-corrected chi connectivity index (χ2v) is 9.17. The molecule has 0 aliphatic rings. The largest absolute Gasteiger partial charge is 0.697 e. The quantitative estimate of drug-likeness (QED) is 0.142. The number of hydrogen-bond donors (Lipinski definition) is 2. The molecule has 1 aromatic carbocycles. The molecule has 1 atom stereocenters. The highest BCUT2D eigenvalue weighted by molar-refractivity contribution is 7.99. The maximum absolute atomic E-state index is 13.0. The molecule has 0 aliphatic carbocycles. The Hall–Kier alpha value is -2.72. The standard InChI is InChI=1S/C19H18F6N5O5PS/c1-33-11-2-4-12(5-3-11)37-15-13-14(28-16(26)29-15)30(10-27-13)6-7-34-17(35-36(31)32,8-18(20,21)22)9-19(23,24)25/h2-5,10H,6-9H2,1H3,(H2-,26,28,29,31,32)/p+1. The molecule has 0 amide bonds. The maximum atomic E-state index is 13.0. The van der Waals surface area contributed by atoms with Crippen LogP contribution < -0.4 is 10.5 Å². The summed E-state index contributed by atoms with van der Waals surface area (Å²) in [6.07, 6.45) is -13.7. The van der Waals surface area contributed by atoms with Gasteiger partial charge in [-0.3, -0.25) is 0 Å². The van der Waals surface area contributed by atoms with Gasteiger partial charge in [0, 0.05) is 16.0 Å². The molecular weight excluding hydrogens is 555 g/mol. The molecule has 10 nitrogen and oxygen atoms in total. The highest BCUT2D eigenvalue weighted by atomic mass is 32.2. The van der Waals surface area contributed by atoms with Crippen LogP contribution in [-0.2, 0) is 20.4 Å². The lowest BCUT2D eigenvalue weighted by molar-refractivity contribution is -0.292. The van der Waals surface area contributed by atoms with E-state index in [9.17, 15) is 30.9 Å². The van der Waals surface area contributed by atoms with E-state index in [-0.39, 0.29) is 23.7 Å². The number of fused-ring (bicyclic) bond motifs is 1.